The first-order valence-electron chi connectivity index (χ1n) is 9.39. The first-order valence-corrected chi connectivity index (χ1v) is 9.39. The Balaban J connectivity index is 1.71. The SMILES string of the molecule is CC1C(C)C2CCC1C1C3CCC(C21)C(C(C)(C)C)C3. The van der Waals surface area contributed by atoms with Crippen LogP contribution in [0.25, 0.3) is 0 Å². The molecule has 0 saturated heterocycles. The van der Waals surface area contributed by atoms with Gasteiger partial charge in [-0.2, -0.15) is 0 Å². The minimum Gasteiger partial charge on any atom is -0.0620 e. The average molecular weight is 274 g/mol. The van der Waals surface area contributed by atoms with Crippen LogP contribution < -0.4 is 0 Å². The molecule has 0 radical (unpaired) electrons. The smallest absolute Gasteiger partial charge is 0.0318 e. The van der Waals surface area contributed by atoms with Gasteiger partial charge < -0.3 is 0 Å². The topological polar surface area (TPSA) is 0 Å². The molecule has 20 heavy (non-hydrogen) atoms. The molecule has 0 heterocycles. The van der Waals surface area contributed by atoms with Crippen LogP contribution in [0.3, 0.4) is 0 Å². The molecule has 4 bridgehead atoms. The van der Waals surface area contributed by atoms with Gasteiger partial charge in [0.1, 0.15) is 0 Å². The van der Waals surface area contributed by atoms with Gasteiger partial charge in [-0.25, -0.2) is 0 Å². The molecular weight excluding hydrogens is 240 g/mol. The summed E-state index contributed by atoms with van der Waals surface area (Å²) in [5.41, 5.74) is 0.542. The van der Waals surface area contributed by atoms with Crippen molar-refractivity contribution in [3.05, 3.63) is 0 Å². The molecule has 114 valence electrons. The lowest BCUT2D eigenvalue weighted by Crippen LogP contribution is -2.60. The highest BCUT2D eigenvalue weighted by atomic mass is 14.7. The van der Waals surface area contributed by atoms with E-state index in [1.807, 2.05) is 0 Å². The molecule has 0 spiro atoms. The Bertz CT molecular complexity index is 389. The van der Waals surface area contributed by atoms with Gasteiger partial charge in [0.05, 0.1) is 0 Å². The Hall–Kier alpha value is 0. The Morgan fingerprint density at radius 2 is 1.25 bits per heavy atom. The van der Waals surface area contributed by atoms with Gasteiger partial charge in [0.25, 0.3) is 0 Å². The zero-order valence-electron chi connectivity index (χ0n) is 14.2. The molecule has 0 N–H and O–H groups in total. The van der Waals surface area contributed by atoms with Gasteiger partial charge in [0.2, 0.25) is 0 Å². The molecule has 9 atom stereocenters. The predicted molar refractivity (Wildman–Crippen MR) is 85.3 cm³/mol. The molecule has 9 unspecified atom stereocenters. The molecule has 6 rings (SSSR count). The summed E-state index contributed by atoms with van der Waals surface area (Å²) in [5, 5.41) is 0. The third-order valence-electron chi connectivity index (χ3n) is 8.54. The quantitative estimate of drug-likeness (QED) is 0.537. The molecule has 0 aromatic carbocycles. The van der Waals surface area contributed by atoms with Crippen molar-refractivity contribution in [3.63, 3.8) is 0 Å². The minimum atomic E-state index is 0.542. The van der Waals surface area contributed by atoms with E-state index in [0.717, 1.165) is 53.3 Å². The first-order chi connectivity index (χ1) is 9.39. The number of rotatable bonds is 0. The summed E-state index contributed by atoms with van der Waals surface area (Å²) < 4.78 is 0. The fraction of sp³-hybridized carbons (Fsp3) is 1.00. The zero-order chi connectivity index (χ0) is 14.2. The molecule has 6 aliphatic carbocycles. The second kappa shape index (κ2) is 4.26. The van der Waals surface area contributed by atoms with E-state index < -0.39 is 0 Å². The van der Waals surface area contributed by atoms with Crippen LogP contribution in [-0.2, 0) is 0 Å². The summed E-state index contributed by atoms with van der Waals surface area (Å²) in [4.78, 5) is 0. The van der Waals surface area contributed by atoms with Gasteiger partial charge in [-0.15, -0.1) is 0 Å². The van der Waals surface area contributed by atoms with Crippen molar-refractivity contribution in [2.45, 2.75) is 66.7 Å². The molecular formula is C20H34. The molecule has 0 aromatic heterocycles. The van der Waals surface area contributed by atoms with E-state index in [4.69, 9.17) is 0 Å². The Morgan fingerprint density at radius 1 is 0.700 bits per heavy atom. The molecule has 0 aromatic rings. The standard InChI is InChI=1S/C20H34/c1-11-12(2)15-9-8-14(11)18-13-6-7-16(19(15)18)17(10-13)20(3,4)5/h11-19H,6-10H2,1-5H3. The van der Waals surface area contributed by atoms with Crippen molar-refractivity contribution < 1.29 is 0 Å². The molecule has 0 heteroatoms. The van der Waals surface area contributed by atoms with E-state index >= 15 is 0 Å². The maximum atomic E-state index is 2.59. The number of hydrogen-bond donors (Lipinski definition) is 0. The molecule has 0 amide bonds. The van der Waals surface area contributed by atoms with Crippen LogP contribution in [0.2, 0.25) is 0 Å². The number of fused-ring (bicyclic) bond motifs is 4. The highest BCUT2D eigenvalue weighted by Crippen LogP contribution is 2.68. The van der Waals surface area contributed by atoms with Crippen LogP contribution in [0.15, 0.2) is 0 Å². The lowest BCUT2D eigenvalue weighted by atomic mass is 9.38. The largest absolute Gasteiger partial charge is 0.0620 e. The van der Waals surface area contributed by atoms with Gasteiger partial charge in [0, 0.05) is 0 Å². The van der Waals surface area contributed by atoms with E-state index in [-0.39, 0.29) is 0 Å². The Kier molecular flexibility index (Phi) is 2.91. The fourth-order valence-corrected chi connectivity index (χ4v) is 7.65. The summed E-state index contributed by atoms with van der Waals surface area (Å²) in [5.74, 6) is 9.65. The average Bonchev–Trinajstić information content (AvgIpc) is 2.43. The van der Waals surface area contributed by atoms with Crippen LogP contribution in [-0.4, -0.2) is 0 Å². The third kappa shape index (κ3) is 1.66. The Labute approximate surface area is 126 Å². The molecule has 6 saturated carbocycles. The maximum absolute atomic E-state index is 2.59. The predicted octanol–water partition coefficient (Wildman–Crippen LogP) is 5.62. The van der Waals surface area contributed by atoms with Crippen LogP contribution in [0, 0.1) is 58.7 Å². The van der Waals surface area contributed by atoms with E-state index in [9.17, 15) is 0 Å². The number of hydrogen-bond acceptors (Lipinski definition) is 0. The summed E-state index contributed by atoms with van der Waals surface area (Å²) >= 11 is 0. The van der Waals surface area contributed by atoms with Gasteiger partial charge in [-0.1, -0.05) is 34.6 Å². The van der Waals surface area contributed by atoms with Crippen LogP contribution in [0.1, 0.15) is 66.7 Å². The first kappa shape index (κ1) is 13.6. The van der Waals surface area contributed by atoms with E-state index in [1.165, 1.54) is 0 Å². The lowest BCUT2D eigenvalue weighted by Gasteiger charge is -2.67. The van der Waals surface area contributed by atoms with Crippen molar-refractivity contribution in [1.29, 1.82) is 0 Å². The molecule has 0 aliphatic heterocycles. The summed E-state index contributed by atoms with van der Waals surface area (Å²) in [6.07, 6.45) is 7.85. The highest BCUT2D eigenvalue weighted by Gasteiger charge is 2.61. The Morgan fingerprint density at radius 3 is 1.85 bits per heavy atom. The minimum absolute atomic E-state index is 0.542. The zero-order valence-corrected chi connectivity index (χ0v) is 14.2. The summed E-state index contributed by atoms with van der Waals surface area (Å²) in [6, 6.07) is 0. The van der Waals surface area contributed by atoms with Crippen molar-refractivity contribution in [3.8, 4) is 0 Å². The van der Waals surface area contributed by atoms with Crippen molar-refractivity contribution >= 4 is 0 Å². The molecule has 6 aliphatic rings. The van der Waals surface area contributed by atoms with Crippen LogP contribution in [0.4, 0.5) is 0 Å². The second-order valence-corrected chi connectivity index (χ2v) is 9.99. The third-order valence-corrected chi connectivity index (χ3v) is 8.54. The van der Waals surface area contributed by atoms with E-state index in [1.54, 1.807) is 32.1 Å². The summed E-state index contributed by atoms with van der Waals surface area (Å²) in [7, 11) is 0. The van der Waals surface area contributed by atoms with Gasteiger partial charge in [0.15, 0.2) is 0 Å². The van der Waals surface area contributed by atoms with Gasteiger partial charge in [-0.3, -0.25) is 0 Å². The molecule has 6 fully saturated rings. The van der Waals surface area contributed by atoms with Crippen molar-refractivity contribution in [1.82, 2.24) is 0 Å². The normalized spacial score (nSPS) is 57.8. The van der Waals surface area contributed by atoms with Gasteiger partial charge >= 0.3 is 0 Å². The fourth-order valence-electron chi connectivity index (χ4n) is 7.65. The van der Waals surface area contributed by atoms with Crippen molar-refractivity contribution in [2.75, 3.05) is 0 Å². The van der Waals surface area contributed by atoms with Crippen LogP contribution in [0.5, 0.6) is 0 Å². The van der Waals surface area contributed by atoms with E-state index in [2.05, 4.69) is 34.6 Å². The summed E-state index contributed by atoms with van der Waals surface area (Å²) in [6.45, 7) is 12.7. The van der Waals surface area contributed by atoms with Gasteiger partial charge in [-0.05, 0) is 90.8 Å². The lowest BCUT2D eigenvalue weighted by molar-refractivity contribution is -0.185. The monoisotopic (exact) mass is 274 g/mol. The highest BCUT2D eigenvalue weighted by molar-refractivity contribution is 5.09. The van der Waals surface area contributed by atoms with Crippen LogP contribution >= 0.6 is 0 Å². The van der Waals surface area contributed by atoms with Crippen molar-refractivity contribution in [2.24, 2.45) is 58.7 Å². The maximum Gasteiger partial charge on any atom is -0.0318 e. The second-order valence-electron chi connectivity index (χ2n) is 9.99. The molecule has 0 nitrogen and oxygen atoms in total. The van der Waals surface area contributed by atoms with E-state index in [0.29, 0.717) is 5.41 Å².